The Morgan fingerprint density at radius 1 is 1.03 bits per heavy atom. The highest BCUT2D eigenvalue weighted by molar-refractivity contribution is 5.94. The number of benzene rings is 2. The first kappa shape index (κ1) is 21.5. The number of nitrogens with zero attached hydrogens (tertiary/aromatic N) is 3. The van der Waals surface area contributed by atoms with Crippen molar-refractivity contribution in [3.8, 4) is 0 Å². The molecule has 2 aromatic rings. The summed E-state index contributed by atoms with van der Waals surface area (Å²) in [6.45, 7) is 5.69. The van der Waals surface area contributed by atoms with E-state index in [1.807, 2.05) is 4.90 Å². The minimum absolute atomic E-state index is 0.147. The summed E-state index contributed by atoms with van der Waals surface area (Å²) in [5, 5.41) is 0. The number of carbonyl (C=O) groups excluding carboxylic acids is 2. The molecule has 1 saturated heterocycles. The van der Waals surface area contributed by atoms with Gasteiger partial charge in [0.2, 0.25) is 5.91 Å². The van der Waals surface area contributed by atoms with E-state index in [4.69, 9.17) is 0 Å². The molecule has 2 aliphatic rings. The molecular formula is C25H30FN3O2. The van der Waals surface area contributed by atoms with Crippen LogP contribution >= 0.6 is 0 Å². The first-order valence-electron chi connectivity index (χ1n) is 11.1. The molecule has 0 N–H and O–H groups in total. The highest BCUT2D eigenvalue weighted by Gasteiger charge is 2.33. The maximum absolute atomic E-state index is 13.5. The molecule has 6 heteroatoms. The van der Waals surface area contributed by atoms with Gasteiger partial charge in [0.1, 0.15) is 5.82 Å². The first-order valence-corrected chi connectivity index (χ1v) is 11.1. The van der Waals surface area contributed by atoms with E-state index < -0.39 is 5.82 Å². The molecule has 0 bridgehead atoms. The quantitative estimate of drug-likeness (QED) is 0.715. The molecule has 0 atom stereocenters. The molecule has 1 aliphatic carbocycles. The predicted molar refractivity (Wildman–Crippen MR) is 118 cm³/mol. The normalized spacial score (nSPS) is 17.3. The molecule has 0 aromatic heterocycles. The lowest BCUT2D eigenvalue weighted by Crippen LogP contribution is -2.42. The highest BCUT2D eigenvalue weighted by atomic mass is 19.1. The minimum Gasteiger partial charge on any atom is -0.337 e. The molecule has 2 fully saturated rings. The summed E-state index contributed by atoms with van der Waals surface area (Å²) in [6.07, 6.45) is 2.96. The van der Waals surface area contributed by atoms with Crippen LogP contribution in [0.4, 0.5) is 4.39 Å². The Bertz CT molecular complexity index is 927. The third-order valence-electron chi connectivity index (χ3n) is 6.09. The van der Waals surface area contributed by atoms with Crippen LogP contribution in [-0.2, 0) is 11.3 Å². The van der Waals surface area contributed by atoms with Crippen LogP contribution in [-0.4, -0.2) is 65.3 Å². The third-order valence-corrected chi connectivity index (χ3v) is 6.09. The van der Waals surface area contributed by atoms with Crippen molar-refractivity contribution in [2.45, 2.75) is 38.8 Å². The summed E-state index contributed by atoms with van der Waals surface area (Å²) < 4.78 is 13.5. The van der Waals surface area contributed by atoms with Gasteiger partial charge in [0.25, 0.3) is 5.91 Å². The van der Waals surface area contributed by atoms with Gasteiger partial charge in [-0.2, -0.15) is 0 Å². The van der Waals surface area contributed by atoms with Crippen molar-refractivity contribution in [3.63, 3.8) is 0 Å². The van der Waals surface area contributed by atoms with Crippen molar-refractivity contribution in [3.05, 3.63) is 71.0 Å². The van der Waals surface area contributed by atoms with E-state index in [1.165, 1.54) is 17.7 Å². The van der Waals surface area contributed by atoms with Gasteiger partial charge in [0.05, 0.1) is 6.54 Å². The lowest BCUT2D eigenvalue weighted by atomic mass is 10.1. The van der Waals surface area contributed by atoms with Crippen molar-refractivity contribution in [2.75, 3.05) is 32.7 Å². The SMILES string of the molecule is Cc1ccc(CN(C(=O)CN2CCCN(C(=O)c3cccc(F)c3)CC2)C2CC2)cc1. The van der Waals surface area contributed by atoms with E-state index in [-0.39, 0.29) is 11.8 Å². The zero-order valence-electron chi connectivity index (χ0n) is 18.1. The number of carbonyl (C=O) groups is 2. The fourth-order valence-corrected chi connectivity index (χ4v) is 4.12. The van der Waals surface area contributed by atoms with Gasteiger partial charge >= 0.3 is 0 Å². The van der Waals surface area contributed by atoms with Gasteiger partial charge in [-0.15, -0.1) is 0 Å². The highest BCUT2D eigenvalue weighted by Crippen LogP contribution is 2.28. The number of amides is 2. The molecule has 1 aliphatic heterocycles. The summed E-state index contributed by atoms with van der Waals surface area (Å²) in [6, 6.07) is 14.6. The third kappa shape index (κ3) is 5.70. The van der Waals surface area contributed by atoms with Crippen LogP contribution in [0.25, 0.3) is 0 Å². The predicted octanol–water partition coefficient (Wildman–Crippen LogP) is 3.47. The smallest absolute Gasteiger partial charge is 0.254 e. The van der Waals surface area contributed by atoms with E-state index in [0.717, 1.165) is 31.4 Å². The fraction of sp³-hybridized carbons (Fsp3) is 0.440. The van der Waals surface area contributed by atoms with Gasteiger partial charge < -0.3 is 9.80 Å². The zero-order valence-corrected chi connectivity index (χ0v) is 18.1. The van der Waals surface area contributed by atoms with E-state index in [0.29, 0.717) is 44.3 Å². The number of rotatable bonds is 6. The van der Waals surface area contributed by atoms with Gasteiger partial charge in [-0.3, -0.25) is 14.5 Å². The van der Waals surface area contributed by atoms with Gasteiger partial charge in [-0.25, -0.2) is 4.39 Å². The van der Waals surface area contributed by atoms with Gasteiger partial charge in [0.15, 0.2) is 0 Å². The monoisotopic (exact) mass is 423 g/mol. The molecule has 164 valence electrons. The fourth-order valence-electron chi connectivity index (χ4n) is 4.12. The standard InChI is InChI=1S/C25H30FN3O2/c1-19-6-8-20(9-7-19)17-29(23-10-11-23)24(30)18-27-12-3-13-28(15-14-27)25(31)21-4-2-5-22(26)16-21/h2,4-9,16,23H,3,10-15,17-18H2,1H3. The van der Waals surface area contributed by atoms with Crippen LogP contribution in [0.15, 0.2) is 48.5 Å². The minimum atomic E-state index is -0.401. The molecule has 0 unspecified atom stereocenters. The Labute approximate surface area is 183 Å². The van der Waals surface area contributed by atoms with E-state index in [9.17, 15) is 14.0 Å². The van der Waals surface area contributed by atoms with E-state index in [1.54, 1.807) is 17.0 Å². The molecule has 4 rings (SSSR count). The van der Waals surface area contributed by atoms with Crippen molar-refractivity contribution in [2.24, 2.45) is 0 Å². The summed E-state index contributed by atoms with van der Waals surface area (Å²) in [4.78, 5) is 31.8. The van der Waals surface area contributed by atoms with Crippen molar-refractivity contribution >= 4 is 11.8 Å². The maximum Gasteiger partial charge on any atom is 0.254 e. The van der Waals surface area contributed by atoms with Crippen LogP contribution in [0.5, 0.6) is 0 Å². The molecule has 2 aromatic carbocycles. The first-order chi connectivity index (χ1) is 15.0. The summed E-state index contributed by atoms with van der Waals surface area (Å²) in [5.41, 5.74) is 2.76. The summed E-state index contributed by atoms with van der Waals surface area (Å²) in [5.74, 6) is -0.388. The number of hydrogen-bond donors (Lipinski definition) is 0. The van der Waals surface area contributed by atoms with Gasteiger partial charge in [-0.05, 0) is 49.9 Å². The van der Waals surface area contributed by atoms with Crippen LogP contribution in [0.1, 0.15) is 40.7 Å². The lowest BCUT2D eigenvalue weighted by molar-refractivity contribution is -0.133. The van der Waals surface area contributed by atoms with Crippen molar-refractivity contribution in [1.29, 1.82) is 0 Å². The summed E-state index contributed by atoms with van der Waals surface area (Å²) >= 11 is 0. The molecule has 5 nitrogen and oxygen atoms in total. The van der Waals surface area contributed by atoms with Crippen LogP contribution < -0.4 is 0 Å². The second-order valence-corrected chi connectivity index (χ2v) is 8.67. The molecule has 1 heterocycles. The molecule has 0 radical (unpaired) electrons. The number of hydrogen-bond acceptors (Lipinski definition) is 3. The average Bonchev–Trinajstić information content (AvgIpc) is 3.61. The van der Waals surface area contributed by atoms with Crippen molar-refractivity contribution < 1.29 is 14.0 Å². The summed E-state index contributed by atoms with van der Waals surface area (Å²) in [7, 11) is 0. The average molecular weight is 424 g/mol. The van der Waals surface area contributed by atoms with Crippen LogP contribution in [0, 0.1) is 12.7 Å². The molecule has 31 heavy (non-hydrogen) atoms. The number of aryl methyl sites for hydroxylation is 1. The Morgan fingerprint density at radius 2 is 1.81 bits per heavy atom. The van der Waals surface area contributed by atoms with Gasteiger partial charge in [-0.1, -0.05) is 35.9 Å². The van der Waals surface area contributed by atoms with Crippen LogP contribution in [0.3, 0.4) is 0 Å². The van der Waals surface area contributed by atoms with Crippen molar-refractivity contribution in [1.82, 2.24) is 14.7 Å². The maximum atomic E-state index is 13.5. The zero-order chi connectivity index (χ0) is 21.8. The molecule has 0 spiro atoms. The Kier molecular flexibility index (Phi) is 6.66. The van der Waals surface area contributed by atoms with Gasteiger partial charge in [0, 0.05) is 44.3 Å². The Morgan fingerprint density at radius 3 is 2.52 bits per heavy atom. The lowest BCUT2D eigenvalue weighted by Gasteiger charge is -2.27. The van der Waals surface area contributed by atoms with E-state index >= 15 is 0 Å². The topological polar surface area (TPSA) is 43.9 Å². The molecular weight excluding hydrogens is 393 g/mol. The second-order valence-electron chi connectivity index (χ2n) is 8.67. The van der Waals surface area contributed by atoms with E-state index in [2.05, 4.69) is 36.1 Å². The van der Waals surface area contributed by atoms with Crippen LogP contribution in [0.2, 0.25) is 0 Å². The molecule has 1 saturated carbocycles. The number of halogens is 1. The Hall–Kier alpha value is -2.73. The second kappa shape index (κ2) is 9.60. The largest absolute Gasteiger partial charge is 0.337 e. The molecule has 2 amide bonds. The Balaban J connectivity index is 1.34.